The Morgan fingerprint density at radius 1 is 0.880 bits per heavy atom. The highest BCUT2D eigenvalue weighted by atomic mass is 16.5. The fourth-order valence-corrected chi connectivity index (χ4v) is 2.89. The molecule has 0 spiro atoms. The summed E-state index contributed by atoms with van der Waals surface area (Å²) in [4.78, 5) is 22.1. The molecule has 2 atom stereocenters. The van der Waals surface area contributed by atoms with Crippen LogP contribution in [0.4, 0.5) is 0 Å². The summed E-state index contributed by atoms with van der Waals surface area (Å²) in [5, 5.41) is 8.61. The van der Waals surface area contributed by atoms with Crippen LogP contribution in [0.5, 0.6) is 0 Å². The van der Waals surface area contributed by atoms with Crippen LogP contribution in [0, 0.1) is 0 Å². The first-order valence-corrected chi connectivity index (χ1v) is 10.1. The Balaban J connectivity index is 3.41. The van der Waals surface area contributed by atoms with E-state index in [1.165, 1.54) is 64.2 Å². The Morgan fingerprint density at radius 3 is 1.76 bits per heavy atom. The van der Waals surface area contributed by atoms with Crippen molar-refractivity contribution in [2.24, 2.45) is 5.73 Å². The molecule has 0 radical (unpaired) electrons. The molecule has 0 fully saturated rings. The average Bonchev–Trinajstić information content (AvgIpc) is 2.55. The average molecular weight is 358 g/mol. The monoisotopic (exact) mass is 357 g/mol. The third kappa shape index (κ3) is 16.1. The molecule has 0 heterocycles. The van der Waals surface area contributed by atoms with Gasteiger partial charge in [0, 0.05) is 0 Å². The van der Waals surface area contributed by atoms with Crippen molar-refractivity contribution in [3.8, 4) is 0 Å². The largest absolute Gasteiger partial charge is 0.481 e. The Morgan fingerprint density at radius 2 is 1.32 bits per heavy atom. The van der Waals surface area contributed by atoms with Gasteiger partial charge in [0.05, 0.1) is 12.5 Å². The second-order valence-corrected chi connectivity index (χ2v) is 7.13. The van der Waals surface area contributed by atoms with E-state index in [1.807, 2.05) is 6.92 Å². The number of aliphatic carboxylic acids is 1. The van der Waals surface area contributed by atoms with E-state index in [0.717, 1.165) is 19.3 Å². The lowest BCUT2D eigenvalue weighted by molar-refractivity contribution is -0.153. The van der Waals surface area contributed by atoms with Crippen molar-refractivity contribution in [2.75, 3.05) is 0 Å². The van der Waals surface area contributed by atoms with Crippen molar-refractivity contribution in [3.63, 3.8) is 0 Å². The van der Waals surface area contributed by atoms with Gasteiger partial charge in [-0.25, -0.2) is 0 Å². The molecule has 0 aliphatic carbocycles. The number of nitrogens with two attached hydrogens (primary N) is 1. The van der Waals surface area contributed by atoms with Gasteiger partial charge in [-0.15, -0.1) is 0 Å². The number of carbonyl (C=O) groups is 2. The molecule has 1 unspecified atom stereocenters. The molecule has 0 amide bonds. The van der Waals surface area contributed by atoms with Crippen molar-refractivity contribution in [2.45, 2.75) is 116 Å². The molecule has 0 saturated carbocycles. The lowest BCUT2D eigenvalue weighted by atomic mass is 10.0. The quantitative estimate of drug-likeness (QED) is 0.288. The van der Waals surface area contributed by atoms with Gasteiger partial charge >= 0.3 is 11.9 Å². The van der Waals surface area contributed by atoms with E-state index in [2.05, 4.69) is 6.92 Å². The van der Waals surface area contributed by atoms with Crippen LogP contribution in [0.3, 0.4) is 0 Å². The zero-order valence-corrected chi connectivity index (χ0v) is 16.3. The SMILES string of the molecule is CCCCCCCCCCCCCCC(C)OC(=O)[C@@H](N)CC(=O)O. The second kappa shape index (κ2) is 16.4. The number of esters is 1. The molecular weight excluding hydrogens is 318 g/mol. The normalized spacial score (nSPS) is 13.4. The number of carboxylic acid groups (broad SMARTS) is 1. The molecule has 0 bridgehead atoms. The number of carboxylic acids is 1. The summed E-state index contributed by atoms with van der Waals surface area (Å²) < 4.78 is 5.19. The molecule has 5 nitrogen and oxygen atoms in total. The van der Waals surface area contributed by atoms with E-state index in [9.17, 15) is 9.59 Å². The summed E-state index contributed by atoms with van der Waals surface area (Å²) in [6.45, 7) is 4.09. The Bertz CT molecular complexity index is 347. The van der Waals surface area contributed by atoms with Crippen LogP contribution in [0.1, 0.15) is 104 Å². The third-order valence-electron chi connectivity index (χ3n) is 4.48. The predicted molar refractivity (Wildman–Crippen MR) is 101 cm³/mol. The van der Waals surface area contributed by atoms with E-state index in [-0.39, 0.29) is 12.5 Å². The molecule has 3 N–H and O–H groups in total. The van der Waals surface area contributed by atoms with E-state index in [4.69, 9.17) is 15.6 Å². The van der Waals surface area contributed by atoms with Crippen molar-refractivity contribution in [1.82, 2.24) is 0 Å². The molecule has 25 heavy (non-hydrogen) atoms. The fraction of sp³-hybridized carbons (Fsp3) is 0.900. The molecule has 0 aromatic rings. The predicted octanol–water partition coefficient (Wildman–Crippen LogP) is 4.81. The topological polar surface area (TPSA) is 89.6 Å². The number of carbonyl (C=O) groups excluding carboxylic acids is 1. The Kier molecular flexibility index (Phi) is 15.7. The minimum atomic E-state index is -1.09. The van der Waals surface area contributed by atoms with E-state index >= 15 is 0 Å². The number of hydrogen-bond acceptors (Lipinski definition) is 4. The summed E-state index contributed by atoms with van der Waals surface area (Å²) in [7, 11) is 0. The number of hydrogen-bond donors (Lipinski definition) is 2. The highest BCUT2D eigenvalue weighted by Gasteiger charge is 2.20. The standard InChI is InChI=1S/C20H39NO4/c1-3-4-5-6-7-8-9-10-11-12-13-14-15-17(2)25-20(24)18(21)16-19(22)23/h17-18H,3-16,21H2,1-2H3,(H,22,23)/t17?,18-/m0/s1. The van der Waals surface area contributed by atoms with Crippen LogP contribution < -0.4 is 5.73 Å². The van der Waals surface area contributed by atoms with E-state index in [0.29, 0.717) is 0 Å². The highest BCUT2D eigenvalue weighted by Crippen LogP contribution is 2.13. The van der Waals surface area contributed by atoms with Gasteiger partial charge in [0.25, 0.3) is 0 Å². The summed E-state index contributed by atoms with van der Waals surface area (Å²) in [5.41, 5.74) is 5.48. The number of unbranched alkanes of at least 4 members (excludes halogenated alkanes) is 11. The maximum Gasteiger partial charge on any atom is 0.323 e. The van der Waals surface area contributed by atoms with Gasteiger partial charge in [0.1, 0.15) is 6.04 Å². The molecule has 0 aliphatic heterocycles. The first-order valence-electron chi connectivity index (χ1n) is 10.1. The van der Waals surface area contributed by atoms with Gasteiger partial charge in [-0.2, -0.15) is 0 Å². The van der Waals surface area contributed by atoms with Crippen molar-refractivity contribution in [1.29, 1.82) is 0 Å². The Hall–Kier alpha value is -1.10. The van der Waals surface area contributed by atoms with Gasteiger partial charge in [-0.05, 0) is 19.8 Å². The minimum absolute atomic E-state index is 0.199. The zero-order chi connectivity index (χ0) is 18.9. The molecule has 0 aliphatic rings. The van der Waals surface area contributed by atoms with Gasteiger partial charge in [0.15, 0.2) is 0 Å². The lowest BCUT2D eigenvalue weighted by Crippen LogP contribution is -2.36. The first-order chi connectivity index (χ1) is 12.0. The molecule has 0 saturated heterocycles. The van der Waals surface area contributed by atoms with Crippen LogP contribution in [0.15, 0.2) is 0 Å². The van der Waals surface area contributed by atoms with Gasteiger partial charge in [-0.1, -0.05) is 77.6 Å². The molecule has 0 rings (SSSR count). The molecule has 0 aromatic heterocycles. The van der Waals surface area contributed by atoms with Crippen LogP contribution in [-0.4, -0.2) is 29.2 Å². The third-order valence-corrected chi connectivity index (χ3v) is 4.48. The summed E-state index contributed by atoms with van der Waals surface area (Å²) in [5.74, 6) is -1.70. The van der Waals surface area contributed by atoms with E-state index < -0.39 is 18.0 Å². The second-order valence-electron chi connectivity index (χ2n) is 7.13. The lowest BCUT2D eigenvalue weighted by Gasteiger charge is -2.15. The molecular formula is C20H39NO4. The van der Waals surface area contributed by atoms with Gasteiger partial charge in [0.2, 0.25) is 0 Å². The minimum Gasteiger partial charge on any atom is -0.481 e. The summed E-state index contributed by atoms with van der Waals surface area (Å²) >= 11 is 0. The molecule has 0 aromatic carbocycles. The molecule has 148 valence electrons. The van der Waals surface area contributed by atoms with Crippen molar-refractivity contribution in [3.05, 3.63) is 0 Å². The van der Waals surface area contributed by atoms with Crippen molar-refractivity contribution < 1.29 is 19.4 Å². The number of ether oxygens (including phenoxy) is 1. The maximum atomic E-state index is 11.6. The van der Waals surface area contributed by atoms with Crippen LogP contribution in [-0.2, 0) is 14.3 Å². The molecule has 5 heteroatoms. The maximum absolute atomic E-state index is 11.6. The first kappa shape index (κ1) is 23.9. The fourth-order valence-electron chi connectivity index (χ4n) is 2.89. The highest BCUT2D eigenvalue weighted by molar-refractivity contribution is 5.81. The van der Waals surface area contributed by atoms with Gasteiger partial charge < -0.3 is 15.6 Å². The van der Waals surface area contributed by atoms with E-state index in [1.54, 1.807) is 0 Å². The summed E-state index contributed by atoms with van der Waals surface area (Å²) in [6, 6.07) is -1.07. The van der Waals surface area contributed by atoms with Crippen LogP contribution in [0.2, 0.25) is 0 Å². The van der Waals surface area contributed by atoms with Crippen molar-refractivity contribution >= 4 is 11.9 Å². The summed E-state index contributed by atoms with van der Waals surface area (Å²) in [6.07, 6.45) is 15.8. The van der Waals surface area contributed by atoms with Crippen LogP contribution >= 0.6 is 0 Å². The zero-order valence-electron chi connectivity index (χ0n) is 16.3. The van der Waals surface area contributed by atoms with Gasteiger partial charge in [-0.3, -0.25) is 9.59 Å². The Labute approximate surface area is 153 Å². The van der Waals surface area contributed by atoms with Crippen LogP contribution in [0.25, 0.3) is 0 Å². The smallest absolute Gasteiger partial charge is 0.323 e. The number of rotatable bonds is 17.